The van der Waals surface area contributed by atoms with Gasteiger partial charge in [0.15, 0.2) is 0 Å². The molecule has 0 unspecified atom stereocenters. The van der Waals surface area contributed by atoms with Crippen molar-refractivity contribution >= 4 is 5.84 Å². The molecule has 3 N–H and O–H groups in total. The Hall–Kier alpha value is -2.57. The van der Waals surface area contributed by atoms with E-state index in [1.807, 2.05) is 24.9 Å². The molecule has 7 heteroatoms. The summed E-state index contributed by atoms with van der Waals surface area (Å²) >= 11 is 0. The van der Waals surface area contributed by atoms with E-state index in [2.05, 4.69) is 30.4 Å². The normalized spacial score (nSPS) is 14.0. The van der Waals surface area contributed by atoms with Crippen LogP contribution in [-0.4, -0.2) is 26.3 Å². The smallest absolute Gasteiger partial charge is 0.328 e. The molecule has 0 atom stereocenters. The van der Waals surface area contributed by atoms with Crippen LogP contribution in [0, 0.1) is 0 Å². The summed E-state index contributed by atoms with van der Waals surface area (Å²) in [6.45, 7) is 11.7. The molecule has 1 aliphatic rings. The lowest BCUT2D eigenvalue weighted by Crippen LogP contribution is -2.29. The predicted molar refractivity (Wildman–Crippen MR) is 88.6 cm³/mol. The second-order valence-corrected chi connectivity index (χ2v) is 5.38. The molecule has 0 aromatic carbocycles. The van der Waals surface area contributed by atoms with E-state index in [9.17, 15) is 9.59 Å². The van der Waals surface area contributed by atoms with Crippen molar-refractivity contribution in [2.45, 2.75) is 39.8 Å². The van der Waals surface area contributed by atoms with Gasteiger partial charge < -0.3 is 10.6 Å². The Labute approximate surface area is 129 Å². The molecule has 1 aliphatic heterocycles. The Morgan fingerprint density at radius 2 is 1.86 bits per heavy atom. The van der Waals surface area contributed by atoms with E-state index in [-0.39, 0.29) is 17.3 Å². The van der Waals surface area contributed by atoms with E-state index in [0.29, 0.717) is 17.7 Å². The number of nitrogens with one attached hydrogen (secondary N) is 1. The number of aromatic nitrogens is 2. The molecule has 1 aromatic heterocycles. The maximum absolute atomic E-state index is 11.0. The molecule has 0 spiro atoms. The largest absolute Gasteiger partial charge is 0.384 e. The highest BCUT2D eigenvalue weighted by Gasteiger charge is 2.10. The van der Waals surface area contributed by atoms with Gasteiger partial charge in [-0.3, -0.25) is 14.3 Å². The molecule has 2 heterocycles. The van der Waals surface area contributed by atoms with Crippen molar-refractivity contribution in [2.24, 2.45) is 10.7 Å². The van der Waals surface area contributed by atoms with Crippen molar-refractivity contribution < 1.29 is 0 Å². The van der Waals surface area contributed by atoms with E-state index in [1.54, 1.807) is 6.08 Å². The Morgan fingerprint density at radius 1 is 1.23 bits per heavy atom. The molecule has 0 saturated carbocycles. The topological polar surface area (TPSA) is 96.5 Å². The molecule has 120 valence electrons. The highest BCUT2D eigenvalue weighted by molar-refractivity contribution is 5.92. The molecule has 0 amide bonds. The SMILES string of the molecule is C=C1N=C(N)C=CN1C(C)C.CC(C)n1ccc(=O)[nH]c1=O. The first kappa shape index (κ1) is 17.5. The Morgan fingerprint density at radius 3 is 2.32 bits per heavy atom. The van der Waals surface area contributed by atoms with Crippen LogP contribution >= 0.6 is 0 Å². The summed E-state index contributed by atoms with van der Waals surface area (Å²) in [5.41, 5.74) is 4.75. The fourth-order valence-corrected chi connectivity index (χ4v) is 1.79. The number of rotatable bonds is 2. The van der Waals surface area contributed by atoms with Crippen LogP contribution in [-0.2, 0) is 0 Å². The molecule has 0 fully saturated rings. The third kappa shape index (κ3) is 4.76. The summed E-state index contributed by atoms with van der Waals surface area (Å²) < 4.78 is 1.46. The zero-order valence-corrected chi connectivity index (χ0v) is 13.4. The van der Waals surface area contributed by atoms with Gasteiger partial charge in [-0.2, -0.15) is 0 Å². The Balaban J connectivity index is 0.000000220. The molecule has 0 saturated heterocycles. The molecule has 0 aliphatic carbocycles. The van der Waals surface area contributed by atoms with Gasteiger partial charge in [-0.1, -0.05) is 6.58 Å². The van der Waals surface area contributed by atoms with E-state index in [1.165, 1.54) is 16.8 Å². The van der Waals surface area contributed by atoms with Crippen LogP contribution in [0.2, 0.25) is 0 Å². The first-order valence-electron chi connectivity index (χ1n) is 7.03. The molecule has 1 aromatic rings. The molecule has 22 heavy (non-hydrogen) atoms. The summed E-state index contributed by atoms with van der Waals surface area (Å²) in [7, 11) is 0. The van der Waals surface area contributed by atoms with E-state index < -0.39 is 0 Å². The lowest BCUT2D eigenvalue weighted by molar-refractivity contribution is 0.380. The molecular weight excluding hydrogens is 282 g/mol. The maximum Gasteiger partial charge on any atom is 0.328 e. The number of nitrogens with two attached hydrogens (primary N) is 1. The first-order valence-corrected chi connectivity index (χ1v) is 7.03. The summed E-state index contributed by atoms with van der Waals surface area (Å²) in [6.07, 6.45) is 5.16. The van der Waals surface area contributed by atoms with Gasteiger partial charge in [0.25, 0.3) is 5.56 Å². The number of aromatic amines is 1. The average molecular weight is 305 g/mol. The van der Waals surface area contributed by atoms with Gasteiger partial charge in [-0.15, -0.1) is 0 Å². The summed E-state index contributed by atoms with van der Waals surface area (Å²) in [5, 5.41) is 0. The second kappa shape index (κ2) is 7.44. The van der Waals surface area contributed by atoms with Crippen LogP contribution in [0.15, 0.2) is 51.5 Å². The van der Waals surface area contributed by atoms with Gasteiger partial charge in [0, 0.05) is 30.5 Å². The molecule has 2 rings (SSSR count). The fraction of sp³-hybridized carbons (Fsp3) is 0.400. The van der Waals surface area contributed by atoms with E-state index in [0.717, 1.165) is 0 Å². The van der Waals surface area contributed by atoms with Gasteiger partial charge in [0.2, 0.25) is 0 Å². The second-order valence-electron chi connectivity index (χ2n) is 5.38. The highest BCUT2D eigenvalue weighted by Crippen LogP contribution is 2.12. The minimum absolute atomic E-state index is 0.0827. The molecular formula is C15H23N5O2. The number of hydrogen-bond donors (Lipinski definition) is 2. The third-order valence-electron chi connectivity index (χ3n) is 2.93. The van der Waals surface area contributed by atoms with Crippen molar-refractivity contribution in [1.82, 2.24) is 14.5 Å². The van der Waals surface area contributed by atoms with Crippen LogP contribution in [0.25, 0.3) is 0 Å². The summed E-state index contributed by atoms with van der Waals surface area (Å²) in [6, 6.07) is 1.80. The van der Waals surface area contributed by atoms with Gasteiger partial charge in [-0.05, 0) is 33.8 Å². The zero-order chi connectivity index (χ0) is 16.9. The van der Waals surface area contributed by atoms with Crippen molar-refractivity contribution in [1.29, 1.82) is 0 Å². The minimum atomic E-state index is -0.355. The van der Waals surface area contributed by atoms with Gasteiger partial charge in [0.1, 0.15) is 11.7 Å². The standard InChI is InChI=1S/C8H13N3.C7H10N2O2/c1-6(2)11-5-4-8(9)10-7(11)3;1-5(2)9-4-3-6(10)8-7(9)11/h4-6H,3H2,1-2H3,(H2,9,10);3-5H,1-2H3,(H,8,10,11). The number of hydrogen-bond acceptors (Lipinski definition) is 5. The number of amidine groups is 1. The average Bonchev–Trinajstić information content (AvgIpc) is 2.38. The highest BCUT2D eigenvalue weighted by atomic mass is 16.2. The summed E-state index contributed by atoms with van der Waals surface area (Å²) in [5.74, 6) is 1.23. The fourth-order valence-electron chi connectivity index (χ4n) is 1.79. The molecule has 0 bridgehead atoms. The lowest BCUT2D eigenvalue weighted by atomic mass is 10.3. The van der Waals surface area contributed by atoms with Crippen molar-refractivity contribution in [2.75, 3.05) is 0 Å². The van der Waals surface area contributed by atoms with Crippen LogP contribution in [0.5, 0.6) is 0 Å². The molecule has 7 nitrogen and oxygen atoms in total. The minimum Gasteiger partial charge on any atom is -0.384 e. The number of H-pyrrole nitrogens is 1. The van der Waals surface area contributed by atoms with Crippen LogP contribution < -0.4 is 17.0 Å². The van der Waals surface area contributed by atoms with E-state index in [4.69, 9.17) is 5.73 Å². The monoisotopic (exact) mass is 305 g/mol. The molecule has 0 radical (unpaired) electrons. The van der Waals surface area contributed by atoms with Crippen molar-refractivity contribution in [3.05, 3.63) is 57.8 Å². The predicted octanol–water partition coefficient (Wildman–Crippen LogP) is 1.17. The Bertz CT molecular complexity index is 694. The van der Waals surface area contributed by atoms with Gasteiger partial charge >= 0.3 is 5.69 Å². The Kier molecular flexibility index (Phi) is 5.91. The van der Waals surface area contributed by atoms with Crippen LogP contribution in [0.1, 0.15) is 33.7 Å². The zero-order valence-electron chi connectivity index (χ0n) is 13.4. The number of aliphatic imine (C=N–C) groups is 1. The third-order valence-corrected chi connectivity index (χ3v) is 2.93. The quantitative estimate of drug-likeness (QED) is 0.857. The maximum atomic E-state index is 11.0. The van der Waals surface area contributed by atoms with Crippen molar-refractivity contribution in [3.8, 4) is 0 Å². The van der Waals surface area contributed by atoms with Gasteiger partial charge in [0.05, 0.1) is 0 Å². The summed E-state index contributed by atoms with van der Waals surface area (Å²) in [4.78, 5) is 29.8. The first-order chi connectivity index (χ1) is 10.2. The number of nitrogens with zero attached hydrogens (tertiary/aromatic N) is 3. The van der Waals surface area contributed by atoms with E-state index >= 15 is 0 Å². The van der Waals surface area contributed by atoms with Crippen molar-refractivity contribution in [3.63, 3.8) is 0 Å². The van der Waals surface area contributed by atoms with Crippen LogP contribution in [0.4, 0.5) is 0 Å². The lowest BCUT2D eigenvalue weighted by Gasteiger charge is -2.26. The van der Waals surface area contributed by atoms with Gasteiger partial charge in [-0.25, -0.2) is 9.79 Å². The van der Waals surface area contributed by atoms with Crippen LogP contribution in [0.3, 0.4) is 0 Å².